The molecule has 0 radical (unpaired) electrons. The fourth-order valence-electron chi connectivity index (χ4n) is 1.42. The van der Waals surface area contributed by atoms with Crippen LogP contribution < -0.4 is 10.5 Å². The van der Waals surface area contributed by atoms with Gasteiger partial charge in [-0.25, -0.2) is 0 Å². The molecule has 0 heterocycles. The fraction of sp³-hybridized carbons (Fsp3) is 0. The Balaban J connectivity index is 2.34. The number of halogens is 3. The molecule has 0 aliphatic heterocycles. The normalized spacial score (nSPS) is 10.0. The lowest BCUT2D eigenvalue weighted by Crippen LogP contribution is -1.92. The molecule has 2 rings (SSSR count). The van der Waals surface area contributed by atoms with E-state index in [4.69, 9.17) is 38.9 Å². The molecule has 2 aromatic rings. The minimum Gasteiger partial charge on any atom is -0.456 e. The smallest absolute Gasteiger partial charge is 0.147 e. The van der Waals surface area contributed by atoms with Gasteiger partial charge < -0.3 is 10.5 Å². The molecule has 0 saturated carbocycles. The highest BCUT2D eigenvalue weighted by Gasteiger charge is 2.09. The first kappa shape index (κ1) is 14.0. The van der Waals surface area contributed by atoms with E-state index in [-0.39, 0.29) is 0 Å². The number of nitrogens with two attached hydrogens (primary N) is 1. The van der Waals surface area contributed by atoms with Gasteiger partial charge in [-0.2, -0.15) is 5.26 Å². The average molecular weight is 358 g/mol. The molecule has 0 saturated heterocycles. The van der Waals surface area contributed by atoms with Crippen molar-refractivity contribution in [1.29, 1.82) is 5.26 Å². The molecule has 2 aromatic carbocycles. The second-order valence-corrected chi connectivity index (χ2v) is 5.33. The zero-order chi connectivity index (χ0) is 14.0. The first-order valence-corrected chi connectivity index (χ1v) is 6.68. The van der Waals surface area contributed by atoms with Crippen molar-refractivity contribution in [2.75, 3.05) is 5.73 Å². The van der Waals surface area contributed by atoms with E-state index >= 15 is 0 Å². The number of rotatable bonds is 2. The van der Waals surface area contributed by atoms with Gasteiger partial charge in [0.1, 0.15) is 17.6 Å². The minimum absolute atomic E-state index is 0.347. The Morgan fingerprint density at radius 2 is 1.89 bits per heavy atom. The SMILES string of the molecule is N#Cc1ccc(Oc2cc(Cl)c(Br)cc2Cl)cc1N. The lowest BCUT2D eigenvalue weighted by atomic mass is 10.2. The van der Waals surface area contributed by atoms with Crippen LogP contribution in [0.1, 0.15) is 5.56 Å². The van der Waals surface area contributed by atoms with Gasteiger partial charge in [-0.05, 0) is 34.1 Å². The first-order chi connectivity index (χ1) is 9.01. The Hall–Kier alpha value is -1.41. The highest BCUT2D eigenvalue weighted by molar-refractivity contribution is 9.10. The molecule has 0 unspecified atom stereocenters. The van der Waals surface area contributed by atoms with E-state index in [1.807, 2.05) is 6.07 Å². The number of nitriles is 1. The standard InChI is InChI=1S/C13H7BrCl2N2O/c14-9-4-11(16)13(5-10(9)15)19-8-2-1-7(6-17)12(18)3-8/h1-5H,18H2. The lowest BCUT2D eigenvalue weighted by Gasteiger charge is -2.10. The van der Waals surface area contributed by atoms with Crippen LogP contribution in [0.2, 0.25) is 10.0 Å². The van der Waals surface area contributed by atoms with Crippen molar-refractivity contribution >= 4 is 44.8 Å². The second-order valence-electron chi connectivity index (χ2n) is 3.66. The largest absolute Gasteiger partial charge is 0.456 e. The molecule has 0 spiro atoms. The minimum atomic E-state index is 0.347. The molecule has 96 valence electrons. The van der Waals surface area contributed by atoms with Crippen LogP contribution in [0.15, 0.2) is 34.8 Å². The Bertz CT molecular complexity index is 683. The van der Waals surface area contributed by atoms with Crippen LogP contribution in [0.4, 0.5) is 5.69 Å². The topological polar surface area (TPSA) is 59.0 Å². The predicted molar refractivity (Wildman–Crippen MR) is 79.8 cm³/mol. The van der Waals surface area contributed by atoms with Gasteiger partial charge >= 0.3 is 0 Å². The summed E-state index contributed by atoms with van der Waals surface area (Å²) < 4.78 is 6.28. The molecule has 3 nitrogen and oxygen atoms in total. The number of hydrogen-bond donors (Lipinski definition) is 1. The highest BCUT2D eigenvalue weighted by Crippen LogP contribution is 2.37. The van der Waals surface area contributed by atoms with Crippen molar-refractivity contribution in [3.8, 4) is 17.6 Å². The van der Waals surface area contributed by atoms with E-state index in [1.54, 1.807) is 30.3 Å². The highest BCUT2D eigenvalue weighted by atomic mass is 79.9. The summed E-state index contributed by atoms with van der Waals surface area (Å²) in [6.45, 7) is 0. The van der Waals surface area contributed by atoms with E-state index in [9.17, 15) is 0 Å². The third-order valence-corrected chi connectivity index (χ3v) is 3.84. The van der Waals surface area contributed by atoms with E-state index in [1.165, 1.54) is 0 Å². The van der Waals surface area contributed by atoms with Gasteiger partial charge in [0, 0.05) is 16.6 Å². The van der Waals surface area contributed by atoms with E-state index < -0.39 is 0 Å². The molecule has 0 atom stereocenters. The van der Waals surface area contributed by atoms with Crippen LogP contribution in [0.5, 0.6) is 11.5 Å². The van der Waals surface area contributed by atoms with Crippen molar-refractivity contribution in [1.82, 2.24) is 0 Å². The zero-order valence-corrected chi connectivity index (χ0v) is 12.6. The molecule has 6 heteroatoms. The van der Waals surface area contributed by atoms with Gasteiger partial charge in [-0.15, -0.1) is 0 Å². The predicted octanol–water partition coefficient (Wildman–Crippen LogP) is 5.00. The van der Waals surface area contributed by atoms with Crippen molar-refractivity contribution in [3.05, 3.63) is 50.4 Å². The number of hydrogen-bond acceptors (Lipinski definition) is 3. The van der Waals surface area contributed by atoms with Crippen LogP contribution in [-0.2, 0) is 0 Å². The quantitative estimate of drug-likeness (QED) is 0.607. The summed E-state index contributed by atoms with van der Waals surface area (Å²) in [5, 5.41) is 9.70. The molecule has 2 N–H and O–H groups in total. The van der Waals surface area contributed by atoms with Crippen molar-refractivity contribution < 1.29 is 4.74 Å². The Labute approximate surface area is 128 Å². The average Bonchev–Trinajstić information content (AvgIpc) is 2.36. The summed E-state index contributed by atoms with van der Waals surface area (Å²) >= 11 is 15.3. The maximum absolute atomic E-state index is 8.80. The maximum atomic E-state index is 8.80. The molecular weight excluding hydrogens is 351 g/mol. The fourth-order valence-corrected chi connectivity index (χ4v) is 2.25. The zero-order valence-electron chi connectivity index (χ0n) is 9.45. The van der Waals surface area contributed by atoms with Crippen LogP contribution in [0.25, 0.3) is 0 Å². The summed E-state index contributed by atoms with van der Waals surface area (Å²) in [6, 6.07) is 10.0. The number of anilines is 1. The van der Waals surface area contributed by atoms with Crippen LogP contribution in [0.3, 0.4) is 0 Å². The second kappa shape index (κ2) is 5.70. The number of nitrogen functional groups attached to an aromatic ring is 1. The third kappa shape index (κ3) is 3.13. The molecule has 0 aliphatic rings. The van der Waals surface area contributed by atoms with Gasteiger partial charge in [0.25, 0.3) is 0 Å². The Kier molecular flexibility index (Phi) is 4.20. The molecule has 0 fully saturated rings. The summed E-state index contributed by atoms with van der Waals surface area (Å²) in [7, 11) is 0. The molecule has 0 aromatic heterocycles. The van der Waals surface area contributed by atoms with Gasteiger partial charge in [0.2, 0.25) is 0 Å². The van der Waals surface area contributed by atoms with Crippen molar-refractivity contribution in [2.45, 2.75) is 0 Å². The van der Waals surface area contributed by atoms with Gasteiger partial charge in [-0.1, -0.05) is 23.2 Å². The van der Waals surface area contributed by atoms with Gasteiger partial charge in [0.15, 0.2) is 0 Å². The molecule has 0 aliphatic carbocycles. The Morgan fingerprint density at radius 1 is 1.16 bits per heavy atom. The summed E-state index contributed by atoms with van der Waals surface area (Å²) in [5.41, 5.74) is 6.45. The Morgan fingerprint density at radius 3 is 2.53 bits per heavy atom. The monoisotopic (exact) mass is 356 g/mol. The van der Waals surface area contributed by atoms with Crippen LogP contribution in [-0.4, -0.2) is 0 Å². The summed E-state index contributed by atoms with van der Waals surface area (Å²) in [5.74, 6) is 0.899. The van der Waals surface area contributed by atoms with Gasteiger partial charge in [-0.3, -0.25) is 0 Å². The first-order valence-electron chi connectivity index (χ1n) is 5.13. The summed E-state index contributed by atoms with van der Waals surface area (Å²) in [4.78, 5) is 0. The number of benzene rings is 2. The van der Waals surface area contributed by atoms with Crippen LogP contribution in [0, 0.1) is 11.3 Å². The number of ether oxygens (including phenoxy) is 1. The maximum Gasteiger partial charge on any atom is 0.147 e. The number of nitrogens with zero attached hydrogens (tertiary/aromatic N) is 1. The third-order valence-electron chi connectivity index (χ3n) is 2.35. The van der Waals surface area contributed by atoms with E-state index in [0.717, 1.165) is 0 Å². The molecular formula is C13H7BrCl2N2O. The molecule has 0 amide bonds. The van der Waals surface area contributed by atoms with Crippen molar-refractivity contribution in [3.63, 3.8) is 0 Å². The summed E-state index contributed by atoms with van der Waals surface area (Å²) in [6.07, 6.45) is 0. The molecule has 0 bridgehead atoms. The van der Waals surface area contributed by atoms with Gasteiger partial charge in [0.05, 0.1) is 21.3 Å². The van der Waals surface area contributed by atoms with Crippen LogP contribution >= 0.6 is 39.1 Å². The molecule has 19 heavy (non-hydrogen) atoms. The lowest BCUT2D eigenvalue weighted by molar-refractivity contribution is 0.483. The van der Waals surface area contributed by atoms with E-state index in [0.29, 0.717) is 37.3 Å². The van der Waals surface area contributed by atoms with E-state index in [2.05, 4.69) is 15.9 Å². The van der Waals surface area contributed by atoms with Crippen molar-refractivity contribution in [2.24, 2.45) is 0 Å².